The summed E-state index contributed by atoms with van der Waals surface area (Å²) in [4.78, 5) is 8.01. The lowest BCUT2D eigenvalue weighted by atomic mass is 9.82. The Morgan fingerprint density at radius 1 is 1.17 bits per heavy atom. The second kappa shape index (κ2) is 5.42. The van der Waals surface area contributed by atoms with Crippen LogP contribution in [0.5, 0.6) is 11.6 Å². The van der Waals surface area contributed by atoms with Crippen LogP contribution in [0.25, 0.3) is 0 Å². The molecule has 5 heteroatoms. The summed E-state index contributed by atoms with van der Waals surface area (Å²) in [6.45, 7) is 4.52. The first-order valence-corrected chi connectivity index (χ1v) is 6.41. The van der Waals surface area contributed by atoms with Crippen LogP contribution in [0.15, 0.2) is 6.33 Å². The molecule has 1 fully saturated rings. The normalized spacial score (nSPS) is 27.8. The molecule has 2 atom stereocenters. The number of nitrogens with zero attached hydrogens (tertiary/aromatic N) is 2. The number of rotatable bonds is 3. The number of ether oxygens (including phenoxy) is 2. The lowest BCUT2D eigenvalue weighted by Gasteiger charge is -2.31. The lowest BCUT2D eigenvalue weighted by Crippen LogP contribution is -2.29. The number of hydrogen-bond donors (Lipinski definition) is 1. The van der Waals surface area contributed by atoms with Crippen LogP contribution in [0.4, 0.5) is 5.82 Å². The van der Waals surface area contributed by atoms with Crippen LogP contribution in [-0.4, -0.2) is 23.2 Å². The molecule has 1 aromatic rings. The zero-order chi connectivity index (χ0) is 13.1. The third-order valence-corrected chi connectivity index (χ3v) is 3.42. The molecule has 0 saturated heterocycles. The van der Waals surface area contributed by atoms with Crippen molar-refractivity contribution >= 4 is 5.82 Å². The summed E-state index contributed by atoms with van der Waals surface area (Å²) >= 11 is 0. The van der Waals surface area contributed by atoms with Crippen LogP contribution in [0.3, 0.4) is 0 Å². The molecule has 1 aromatic heterocycles. The molecule has 100 valence electrons. The van der Waals surface area contributed by atoms with Crippen molar-refractivity contribution in [3.63, 3.8) is 0 Å². The minimum absolute atomic E-state index is 0.187. The number of nitrogen functional groups attached to an aromatic ring is 1. The average Bonchev–Trinajstić information content (AvgIpc) is 2.27. The largest absolute Gasteiger partial charge is 0.489 e. The quantitative estimate of drug-likeness (QED) is 0.892. The molecule has 2 unspecified atom stereocenters. The molecule has 1 saturated carbocycles. The number of nitrogens with two attached hydrogens (primary N) is 1. The summed E-state index contributed by atoms with van der Waals surface area (Å²) in [7, 11) is 1.55. The van der Waals surface area contributed by atoms with Gasteiger partial charge in [0, 0.05) is 0 Å². The van der Waals surface area contributed by atoms with Crippen LogP contribution in [-0.2, 0) is 0 Å². The van der Waals surface area contributed by atoms with Gasteiger partial charge in [-0.3, -0.25) is 0 Å². The van der Waals surface area contributed by atoms with Gasteiger partial charge in [0.1, 0.15) is 12.4 Å². The summed E-state index contributed by atoms with van der Waals surface area (Å²) < 4.78 is 11.1. The third kappa shape index (κ3) is 2.83. The predicted molar refractivity (Wildman–Crippen MR) is 69.6 cm³/mol. The van der Waals surface area contributed by atoms with Gasteiger partial charge in [0.05, 0.1) is 7.11 Å². The lowest BCUT2D eigenvalue weighted by molar-refractivity contribution is 0.0933. The van der Waals surface area contributed by atoms with E-state index in [1.807, 2.05) is 0 Å². The molecule has 0 aromatic carbocycles. The molecule has 0 aliphatic heterocycles. The van der Waals surface area contributed by atoms with Crippen LogP contribution < -0.4 is 15.2 Å². The summed E-state index contributed by atoms with van der Waals surface area (Å²) in [5.74, 6) is 2.58. The Labute approximate surface area is 108 Å². The van der Waals surface area contributed by atoms with E-state index in [1.165, 1.54) is 12.7 Å². The van der Waals surface area contributed by atoms with Crippen molar-refractivity contribution in [2.75, 3.05) is 12.8 Å². The fourth-order valence-corrected chi connectivity index (χ4v) is 2.77. The number of aromatic nitrogens is 2. The van der Waals surface area contributed by atoms with E-state index in [4.69, 9.17) is 15.2 Å². The number of hydrogen-bond acceptors (Lipinski definition) is 5. The minimum atomic E-state index is 0.187. The Hall–Kier alpha value is -1.52. The zero-order valence-electron chi connectivity index (χ0n) is 11.2. The Morgan fingerprint density at radius 3 is 2.44 bits per heavy atom. The Bertz CT molecular complexity index is 401. The van der Waals surface area contributed by atoms with E-state index in [0.29, 0.717) is 29.3 Å². The van der Waals surface area contributed by atoms with Gasteiger partial charge >= 0.3 is 0 Å². The van der Waals surface area contributed by atoms with Crippen molar-refractivity contribution < 1.29 is 9.47 Å². The van der Waals surface area contributed by atoms with E-state index in [0.717, 1.165) is 12.8 Å². The van der Waals surface area contributed by atoms with Crippen molar-refractivity contribution in [3.8, 4) is 11.6 Å². The van der Waals surface area contributed by atoms with Crippen LogP contribution in [0.2, 0.25) is 0 Å². The topological polar surface area (TPSA) is 70.3 Å². The summed E-state index contributed by atoms with van der Waals surface area (Å²) in [5, 5.41) is 0. The maximum Gasteiger partial charge on any atom is 0.262 e. The fraction of sp³-hybridized carbons (Fsp3) is 0.692. The van der Waals surface area contributed by atoms with Crippen LogP contribution >= 0.6 is 0 Å². The highest BCUT2D eigenvalue weighted by molar-refractivity contribution is 5.51. The molecule has 2 rings (SSSR count). The Kier molecular flexibility index (Phi) is 3.89. The molecule has 2 N–H and O–H groups in total. The van der Waals surface area contributed by atoms with E-state index >= 15 is 0 Å². The second-order valence-electron chi connectivity index (χ2n) is 5.25. The first-order valence-electron chi connectivity index (χ1n) is 6.41. The molecule has 0 bridgehead atoms. The average molecular weight is 251 g/mol. The van der Waals surface area contributed by atoms with Crippen molar-refractivity contribution in [2.24, 2.45) is 11.8 Å². The summed E-state index contributed by atoms with van der Waals surface area (Å²) in [6.07, 6.45) is 4.97. The monoisotopic (exact) mass is 251 g/mol. The molecule has 1 aliphatic carbocycles. The van der Waals surface area contributed by atoms with Gasteiger partial charge in [0.15, 0.2) is 5.82 Å². The van der Waals surface area contributed by atoms with Gasteiger partial charge in [-0.05, 0) is 31.1 Å². The van der Waals surface area contributed by atoms with Crippen molar-refractivity contribution in [2.45, 2.75) is 39.2 Å². The molecular weight excluding hydrogens is 230 g/mol. The maximum atomic E-state index is 5.94. The SMILES string of the molecule is COc1c(N)ncnc1OC1CC(C)CC(C)C1. The molecular formula is C13H21N3O2. The molecule has 0 radical (unpaired) electrons. The van der Waals surface area contributed by atoms with Crippen LogP contribution in [0.1, 0.15) is 33.1 Å². The first-order chi connectivity index (χ1) is 8.60. The Balaban J connectivity index is 2.11. The Morgan fingerprint density at radius 2 is 1.83 bits per heavy atom. The van der Waals surface area contributed by atoms with Gasteiger partial charge in [-0.1, -0.05) is 13.8 Å². The number of anilines is 1. The minimum Gasteiger partial charge on any atom is -0.489 e. The molecule has 0 amide bonds. The zero-order valence-corrected chi connectivity index (χ0v) is 11.2. The highest BCUT2D eigenvalue weighted by atomic mass is 16.5. The molecule has 5 nitrogen and oxygen atoms in total. The van der Waals surface area contributed by atoms with Gasteiger partial charge in [0.2, 0.25) is 5.75 Å². The van der Waals surface area contributed by atoms with E-state index in [-0.39, 0.29) is 6.10 Å². The summed E-state index contributed by atoms with van der Waals surface area (Å²) in [5.41, 5.74) is 5.74. The smallest absolute Gasteiger partial charge is 0.262 e. The molecule has 18 heavy (non-hydrogen) atoms. The van der Waals surface area contributed by atoms with Gasteiger partial charge in [-0.2, -0.15) is 4.98 Å². The standard InChI is InChI=1S/C13H21N3O2/c1-8-4-9(2)6-10(5-8)18-13-11(17-3)12(14)15-7-16-13/h7-10H,4-6H2,1-3H3,(H2,14,15,16). The molecule has 1 heterocycles. The highest BCUT2D eigenvalue weighted by Crippen LogP contribution is 2.34. The van der Waals surface area contributed by atoms with E-state index in [1.54, 1.807) is 7.11 Å². The first kappa shape index (κ1) is 12.9. The predicted octanol–water partition coefficient (Wildman–Crippen LogP) is 2.27. The highest BCUT2D eigenvalue weighted by Gasteiger charge is 2.26. The van der Waals surface area contributed by atoms with Crippen molar-refractivity contribution in [3.05, 3.63) is 6.33 Å². The third-order valence-electron chi connectivity index (χ3n) is 3.42. The van der Waals surface area contributed by atoms with E-state index < -0.39 is 0 Å². The second-order valence-corrected chi connectivity index (χ2v) is 5.25. The van der Waals surface area contributed by atoms with Gasteiger partial charge in [0.25, 0.3) is 5.88 Å². The van der Waals surface area contributed by atoms with Crippen molar-refractivity contribution in [1.29, 1.82) is 0 Å². The van der Waals surface area contributed by atoms with Gasteiger partial charge < -0.3 is 15.2 Å². The van der Waals surface area contributed by atoms with E-state index in [2.05, 4.69) is 23.8 Å². The number of methoxy groups -OCH3 is 1. The van der Waals surface area contributed by atoms with Gasteiger partial charge in [-0.25, -0.2) is 4.98 Å². The molecule has 0 spiro atoms. The maximum absolute atomic E-state index is 5.94. The fourth-order valence-electron chi connectivity index (χ4n) is 2.77. The summed E-state index contributed by atoms with van der Waals surface area (Å²) in [6, 6.07) is 0. The van der Waals surface area contributed by atoms with E-state index in [9.17, 15) is 0 Å². The van der Waals surface area contributed by atoms with Crippen LogP contribution in [0, 0.1) is 11.8 Å². The van der Waals surface area contributed by atoms with Crippen molar-refractivity contribution in [1.82, 2.24) is 9.97 Å². The van der Waals surface area contributed by atoms with Gasteiger partial charge in [-0.15, -0.1) is 0 Å². The molecule has 1 aliphatic rings.